The molecule has 0 aliphatic carbocycles. The van der Waals surface area contributed by atoms with Gasteiger partial charge in [-0.05, 0) is 67.6 Å². The van der Waals surface area contributed by atoms with Gasteiger partial charge in [0.1, 0.15) is 5.82 Å². The number of nitrogens with zero attached hydrogens (tertiary/aromatic N) is 3. The molecule has 7 nitrogen and oxygen atoms in total. The summed E-state index contributed by atoms with van der Waals surface area (Å²) >= 11 is 1.25. The van der Waals surface area contributed by atoms with Crippen LogP contribution in [0.2, 0.25) is 0 Å². The van der Waals surface area contributed by atoms with Gasteiger partial charge in [0, 0.05) is 29.5 Å². The van der Waals surface area contributed by atoms with Crippen molar-refractivity contribution in [1.29, 1.82) is 0 Å². The van der Waals surface area contributed by atoms with Crippen LogP contribution in [0, 0.1) is 12.7 Å². The minimum absolute atomic E-state index is 0.132. The molecule has 34 heavy (non-hydrogen) atoms. The normalized spacial score (nSPS) is 10.7. The Balaban J connectivity index is 1.36. The Kier molecular flexibility index (Phi) is 7.03. The van der Waals surface area contributed by atoms with Gasteiger partial charge in [-0.15, -0.1) is 10.2 Å². The maximum atomic E-state index is 13.0. The van der Waals surface area contributed by atoms with Gasteiger partial charge < -0.3 is 15.2 Å². The topological polar surface area (TPSA) is 88.9 Å². The van der Waals surface area contributed by atoms with E-state index in [9.17, 15) is 14.0 Å². The number of carbonyl (C=O) groups excluding carboxylic acids is 2. The number of anilines is 2. The van der Waals surface area contributed by atoms with E-state index in [1.165, 1.54) is 36.0 Å². The van der Waals surface area contributed by atoms with Crippen LogP contribution in [-0.2, 0) is 11.8 Å². The highest BCUT2D eigenvalue weighted by Gasteiger charge is 2.14. The molecule has 9 heteroatoms. The molecule has 1 heterocycles. The van der Waals surface area contributed by atoms with Gasteiger partial charge in [-0.2, -0.15) is 0 Å². The summed E-state index contributed by atoms with van der Waals surface area (Å²) in [5, 5.41) is 14.6. The van der Waals surface area contributed by atoms with Crippen LogP contribution in [0.4, 0.5) is 15.8 Å². The first-order valence-corrected chi connectivity index (χ1v) is 11.4. The number of rotatable bonds is 7. The molecule has 3 aromatic carbocycles. The SMILES string of the molecule is Cc1ccc(C(=O)Nc2ccc(-c3nnc(SCC(=O)Nc4ccc(F)cc4)n3C)cc2)cc1. The molecule has 0 bridgehead atoms. The average Bonchev–Trinajstić information content (AvgIpc) is 3.20. The van der Waals surface area contributed by atoms with Gasteiger partial charge in [-0.1, -0.05) is 29.5 Å². The fraction of sp³-hybridized carbons (Fsp3) is 0.120. The van der Waals surface area contributed by atoms with Crippen LogP contribution in [0.15, 0.2) is 78.0 Å². The van der Waals surface area contributed by atoms with Crippen LogP contribution in [0.25, 0.3) is 11.4 Å². The van der Waals surface area contributed by atoms with Crippen molar-refractivity contribution in [3.8, 4) is 11.4 Å². The van der Waals surface area contributed by atoms with E-state index in [1.54, 1.807) is 28.8 Å². The Morgan fingerprint density at radius 3 is 2.18 bits per heavy atom. The summed E-state index contributed by atoms with van der Waals surface area (Å²) in [7, 11) is 1.82. The van der Waals surface area contributed by atoms with Crippen LogP contribution in [0.5, 0.6) is 0 Å². The lowest BCUT2D eigenvalue weighted by Gasteiger charge is -2.08. The van der Waals surface area contributed by atoms with Crippen LogP contribution >= 0.6 is 11.8 Å². The molecule has 0 spiro atoms. The lowest BCUT2D eigenvalue weighted by Crippen LogP contribution is -2.14. The fourth-order valence-electron chi connectivity index (χ4n) is 3.16. The van der Waals surface area contributed by atoms with Gasteiger partial charge in [0.2, 0.25) is 5.91 Å². The molecule has 0 saturated heterocycles. The highest BCUT2D eigenvalue weighted by Crippen LogP contribution is 2.24. The first-order chi connectivity index (χ1) is 16.4. The van der Waals surface area contributed by atoms with Crippen molar-refractivity contribution >= 4 is 35.0 Å². The molecular weight excluding hydrogens is 453 g/mol. The van der Waals surface area contributed by atoms with E-state index in [0.29, 0.717) is 27.9 Å². The van der Waals surface area contributed by atoms with Crippen LogP contribution < -0.4 is 10.6 Å². The maximum absolute atomic E-state index is 13.0. The van der Waals surface area contributed by atoms with Crippen molar-refractivity contribution in [3.05, 3.63) is 89.7 Å². The minimum Gasteiger partial charge on any atom is -0.325 e. The smallest absolute Gasteiger partial charge is 0.255 e. The first kappa shape index (κ1) is 23.2. The molecule has 0 radical (unpaired) electrons. The number of benzene rings is 3. The number of hydrogen-bond acceptors (Lipinski definition) is 5. The van der Waals surface area contributed by atoms with Crippen molar-refractivity contribution in [1.82, 2.24) is 14.8 Å². The quantitative estimate of drug-likeness (QED) is 0.371. The number of carbonyl (C=O) groups is 2. The van der Waals surface area contributed by atoms with Crippen molar-refractivity contribution in [2.45, 2.75) is 12.1 Å². The standard InChI is InChI=1S/C25H22FN5O2S/c1-16-3-5-18(6-4-16)24(33)28-21-11-7-17(8-12-21)23-29-30-25(31(23)2)34-15-22(32)27-20-13-9-19(26)10-14-20/h3-14H,15H2,1-2H3,(H,27,32)(H,28,33). The Morgan fingerprint density at radius 2 is 1.50 bits per heavy atom. The Labute approximate surface area is 200 Å². The zero-order chi connectivity index (χ0) is 24.1. The van der Waals surface area contributed by atoms with E-state index in [-0.39, 0.29) is 23.4 Å². The van der Waals surface area contributed by atoms with Gasteiger partial charge in [0.15, 0.2) is 11.0 Å². The molecular formula is C25H22FN5O2S. The van der Waals surface area contributed by atoms with Crippen LogP contribution in [0.1, 0.15) is 15.9 Å². The molecule has 0 atom stereocenters. The molecule has 0 fully saturated rings. The predicted molar refractivity (Wildman–Crippen MR) is 131 cm³/mol. The van der Waals surface area contributed by atoms with Crippen molar-refractivity contribution in [2.24, 2.45) is 7.05 Å². The van der Waals surface area contributed by atoms with Gasteiger partial charge in [0.05, 0.1) is 5.75 Å². The van der Waals surface area contributed by atoms with E-state index in [0.717, 1.165) is 11.1 Å². The van der Waals surface area contributed by atoms with Gasteiger partial charge in [-0.3, -0.25) is 9.59 Å². The third-order valence-corrected chi connectivity index (χ3v) is 6.03. The molecule has 1 aromatic heterocycles. The summed E-state index contributed by atoms with van der Waals surface area (Å²) in [6.45, 7) is 1.97. The van der Waals surface area contributed by atoms with Gasteiger partial charge in [0.25, 0.3) is 5.91 Å². The van der Waals surface area contributed by atoms with E-state index < -0.39 is 0 Å². The third kappa shape index (κ3) is 5.68. The summed E-state index contributed by atoms with van der Waals surface area (Å²) in [6.07, 6.45) is 0. The number of hydrogen-bond donors (Lipinski definition) is 2. The molecule has 2 N–H and O–H groups in total. The Bertz CT molecular complexity index is 1300. The second-order valence-corrected chi connectivity index (χ2v) is 8.55. The number of halogens is 1. The molecule has 2 amide bonds. The number of amides is 2. The van der Waals surface area contributed by atoms with Crippen molar-refractivity contribution < 1.29 is 14.0 Å². The summed E-state index contributed by atoms with van der Waals surface area (Å²) in [5.41, 5.74) is 3.71. The number of thioether (sulfide) groups is 1. The molecule has 4 rings (SSSR count). The molecule has 4 aromatic rings. The molecule has 0 aliphatic rings. The molecule has 0 unspecified atom stereocenters. The van der Waals surface area contributed by atoms with Crippen molar-refractivity contribution in [3.63, 3.8) is 0 Å². The Hall–Kier alpha value is -3.98. The van der Waals surface area contributed by atoms with Crippen LogP contribution in [-0.4, -0.2) is 32.3 Å². The number of nitrogens with one attached hydrogen (secondary N) is 2. The van der Waals surface area contributed by atoms with Crippen LogP contribution in [0.3, 0.4) is 0 Å². The minimum atomic E-state index is -0.360. The summed E-state index contributed by atoms with van der Waals surface area (Å²) in [5.74, 6) is 0.00483. The largest absolute Gasteiger partial charge is 0.325 e. The highest BCUT2D eigenvalue weighted by atomic mass is 32.2. The van der Waals surface area contributed by atoms with Gasteiger partial charge in [-0.25, -0.2) is 4.39 Å². The van der Waals surface area contributed by atoms with E-state index in [2.05, 4.69) is 20.8 Å². The second kappa shape index (κ2) is 10.3. The highest BCUT2D eigenvalue weighted by molar-refractivity contribution is 7.99. The first-order valence-electron chi connectivity index (χ1n) is 10.4. The van der Waals surface area contributed by atoms with E-state index in [4.69, 9.17) is 0 Å². The Morgan fingerprint density at radius 1 is 0.882 bits per heavy atom. The lowest BCUT2D eigenvalue weighted by atomic mass is 10.1. The number of aromatic nitrogens is 3. The zero-order valence-corrected chi connectivity index (χ0v) is 19.4. The average molecular weight is 476 g/mol. The molecule has 0 aliphatic heterocycles. The maximum Gasteiger partial charge on any atom is 0.255 e. The molecule has 172 valence electrons. The van der Waals surface area contributed by atoms with E-state index in [1.807, 2.05) is 38.2 Å². The number of aryl methyl sites for hydroxylation is 1. The summed E-state index contributed by atoms with van der Waals surface area (Å²) < 4.78 is 14.8. The monoisotopic (exact) mass is 475 g/mol. The second-order valence-electron chi connectivity index (χ2n) is 7.61. The fourth-order valence-corrected chi connectivity index (χ4v) is 3.87. The third-order valence-electron chi connectivity index (χ3n) is 5.01. The zero-order valence-electron chi connectivity index (χ0n) is 18.6. The predicted octanol–water partition coefficient (Wildman–Crippen LogP) is 4.91. The summed E-state index contributed by atoms with van der Waals surface area (Å²) in [4.78, 5) is 24.6. The van der Waals surface area contributed by atoms with Crippen molar-refractivity contribution in [2.75, 3.05) is 16.4 Å². The van der Waals surface area contributed by atoms with Gasteiger partial charge >= 0.3 is 0 Å². The lowest BCUT2D eigenvalue weighted by molar-refractivity contribution is -0.113. The van der Waals surface area contributed by atoms with E-state index >= 15 is 0 Å². The molecule has 0 saturated carbocycles. The summed E-state index contributed by atoms with van der Waals surface area (Å²) in [6, 6.07) is 20.3.